The van der Waals surface area contributed by atoms with Crippen LogP contribution in [0.5, 0.6) is 0 Å². The number of furan rings is 1. The van der Waals surface area contributed by atoms with Gasteiger partial charge in [-0.15, -0.1) is 0 Å². The van der Waals surface area contributed by atoms with E-state index in [1.807, 2.05) is 30.3 Å². The van der Waals surface area contributed by atoms with Crippen molar-refractivity contribution < 1.29 is 13.9 Å². The first kappa shape index (κ1) is 15.8. The molecule has 2 aromatic rings. The molecular weight excluding hydrogens is 334 g/mol. The average molecular weight is 352 g/mol. The second-order valence-corrected chi connectivity index (χ2v) is 5.49. The molecule has 5 heteroatoms. The van der Waals surface area contributed by atoms with Gasteiger partial charge in [0.25, 0.3) is 0 Å². The van der Waals surface area contributed by atoms with Crippen molar-refractivity contribution in [3.8, 4) is 0 Å². The highest BCUT2D eigenvalue weighted by Crippen LogP contribution is 2.18. The molecule has 4 nitrogen and oxygen atoms in total. The zero-order chi connectivity index (χ0) is 15.1. The molecule has 0 bridgehead atoms. The van der Waals surface area contributed by atoms with Crippen LogP contribution in [0.25, 0.3) is 0 Å². The Labute approximate surface area is 132 Å². The van der Waals surface area contributed by atoms with Crippen LogP contribution >= 0.6 is 15.9 Å². The van der Waals surface area contributed by atoms with E-state index >= 15 is 0 Å². The van der Waals surface area contributed by atoms with Gasteiger partial charge < -0.3 is 14.5 Å². The molecule has 21 heavy (non-hydrogen) atoms. The third-order valence-electron chi connectivity index (χ3n) is 3.21. The minimum atomic E-state index is -0.257. The third-order valence-corrected chi connectivity index (χ3v) is 3.98. The Bertz CT molecular complexity index is 569. The summed E-state index contributed by atoms with van der Waals surface area (Å²) in [7, 11) is 1.60. The van der Waals surface area contributed by atoms with Gasteiger partial charge in [-0.3, -0.25) is 4.79 Å². The molecule has 1 atom stereocenters. The Hall–Kier alpha value is -1.59. The van der Waals surface area contributed by atoms with Crippen LogP contribution in [0.4, 0.5) is 0 Å². The summed E-state index contributed by atoms with van der Waals surface area (Å²) in [5.41, 5.74) is 1.13. The number of amides is 1. The maximum absolute atomic E-state index is 11.9. The van der Waals surface area contributed by atoms with Gasteiger partial charge in [0, 0.05) is 18.0 Å². The summed E-state index contributed by atoms with van der Waals surface area (Å²) < 4.78 is 11.6. The monoisotopic (exact) mass is 351 g/mol. The predicted molar refractivity (Wildman–Crippen MR) is 83.9 cm³/mol. The minimum absolute atomic E-state index is 0.000593. The summed E-state index contributed by atoms with van der Waals surface area (Å²) in [6.45, 7) is 0.402. The highest BCUT2D eigenvalue weighted by atomic mass is 79.9. The lowest BCUT2D eigenvalue weighted by molar-refractivity contribution is -0.121. The number of methoxy groups -OCH3 is 1. The minimum Gasteiger partial charge on any atom is -0.467 e. The van der Waals surface area contributed by atoms with Gasteiger partial charge in [-0.25, -0.2) is 0 Å². The van der Waals surface area contributed by atoms with Crippen LogP contribution in [0.15, 0.2) is 51.6 Å². The largest absolute Gasteiger partial charge is 0.467 e. The van der Waals surface area contributed by atoms with E-state index in [1.165, 1.54) is 0 Å². The van der Waals surface area contributed by atoms with Crippen molar-refractivity contribution in [3.63, 3.8) is 0 Å². The van der Waals surface area contributed by atoms with Gasteiger partial charge in [-0.05, 0) is 30.2 Å². The highest BCUT2D eigenvalue weighted by molar-refractivity contribution is 9.10. The number of rotatable bonds is 7. The Morgan fingerprint density at radius 2 is 2.14 bits per heavy atom. The van der Waals surface area contributed by atoms with Gasteiger partial charge in [0.05, 0.1) is 12.8 Å². The van der Waals surface area contributed by atoms with Crippen molar-refractivity contribution in [2.75, 3.05) is 13.7 Å². The number of carbonyl (C=O) groups is 1. The summed E-state index contributed by atoms with van der Waals surface area (Å²) >= 11 is 3.48. The Morgan fingerprint density at radius 1 is 1.33 bits per heavy atom. The standard InChI is InChI=1S/C16H18BrNO3/c1-20-15(14-7-4-10-21-14)11-18-16(19)9-8-12-5-2-3-6-13(12)17/h2-7,10,15H,8-9,11H2,1H3,(H,18,19). The molecule has 0 radical (unpaired) electrons. The Morgan fingerprint density at radius 3 is 2.81 bits per heavy atom. The average Bonchev–Trinajstić information content (AvgIpc) is 3.01. The van der Waals surface area contributed by atoms with E-state index in [-0.39, 0.29) is 12.0 Å². The van der Waals surface area contributed by atoms with Crippen LogP contribution in [0, 0.1) is 0 Å². The maximum Gasteiger partial charge on any atom is 0.220 e. The van der Waals surface area contributed by atoms with Gasteiger partial charge in [0.15, 0.2) is 0 Å². The number of benzene rings is 1. The zero-order valence-corrected chi connectivity index (χ0v) is 13.4. The van der Waals surface area contributed by atoms with E-state index in [9.17, 15) is 4.79 Å². The van der Waals surface area contributed by atoms with E-state index < -0.39 is 0 Å². The number of hydrogen-bond donors (Lipinski definition) is 1. The number of carbonyl (C=O) groups excluding carboxylic acids is 1. The Balaban J connectivity index is 1.78. The van der Waals surface area contributed by atoms with Gasteiger partial charge in [-0.1, -0.05) is 34.1 Å². The number of ether oxygens (including phenoxy) is 1. The molecule has 0 aliphatic rings. The summed E-state index contributed by atoms with van der Waals surface area (Å²) in [4.78, 5) is 11.9. The molecule has 1 amide bonds. The van der Waals surface area contributed by atoms with Crippen LogP contribution in [0.2, 0.25) is 0 Å². The SMILES string of the molecule is COC(CNC(=O)CCc1ccccc1Br)c1ccco1. The third kappa shape index (κ3) is 4.72. The molecule has 1 unspecified atom stereocenters. The van der Waals surface area contributed by atoms with Crippen molar-refractivity contribution in [1.29, 1.82) is 0 Å². The number of hydrogen-bond acceptors (Lipinski definition) is 3. The fraction of sp³-hybridized carbons (Fsp3) is 0.312. The molecule has 1 aromatic heterocycles. The quantitative estimate of drug-likeness (QED) is 0.830. The Kier molecular flexibility index (Phi) is 6.02. The fourth-order valence-electron chi connectivity index (χ4n) is 2.02. The smallest absolute Gasteiger partial charge is 0.220 e. The molecule has 0 saturated carbocycles. The van der Waals surface area contributed by atoms with Crippen molar-refractivity contribution in [2.45, 2.75) is 18.9 Å². The number of aryl methyl sites for hydroxylation is 1. The lowest BCUT2D eigenvalue weighted by Crippen LogP contribution is -2.29. The van der Waals surface area contributed by atoms with Crippen molar-refractivity contribution >= 4 is 21.8 Å². The summed E-state index contributed by atoms with van der Waals surface area (Å²) in [5.74, 6) is 0.711. The van der Waals surface area contributed by atoms with Gasteiger partial charge >= 0.3 is 0 Å². The van der Waals surface area contributed by atoms with E-state index in [2.05, 4.69) is 21.2 Å². The van der Waals surface area contributed by atoms with E-state index in [1.54, 1.807) is 19.4 Å². The predicted octanol–water partition coefficient (Wildman–Crippen LogP) is 3.48. The molecule has 1 aromatic carbocycles. The summed E-state index contributed by atoms with van der Waals surface area (Å²) in [5, 5.41) is 2.87. The molecule has 0 fully saturated rings. The second kappa shape index (κ2) is 8.00. The maximum atomic E-state index is 11.9. The van der Waals surface area contributed by atoms with E-state index in [0.29, 0.717) is 25.1 Å². The van der Waals surface area contributed by atoms with Crippen LogP contribution in [0.1, 0.15) is 23.8 Å². The van der Waals surface area contributed by atoms with Crippen molar-refractivity contribution in [2.24, 2.45) is 0 Å². The van der Waals surface area contributed by atoms with E-state index in [0.717, 1.165) is 10.0 Å². The molecule has 0 aliphatic carbocycles. The molecule has 0 saturated heterocycles. The highest BCUT2D eigenvalue weighted by Gasteiger charge is 2.14. The summed E-state index contributed by atoms with van der Waals surface area (Å²) in [6.07, 6.45) is 2.48. The second-order valence-electron chi connectivity index (χ2n) is 4.64. The first-order chi connectivity index (χ1) is 10.2. The van der Waals surface area contributed by atoms with Gasteiger partial charge in [0.1, 0.15) is 11.9 Å². The number of nitrogens with one attached hydrogen (secondary N) is 1. The van der Waals surface area contributed by atoms with Gasteiger partial charge in [0.2, 0.25) is 5.91 Å². The molecule has 112 valence electrons. The van der Waals surface area contributed by atoms with Crippen molar-refractivity contribution in [3.05, 3.63) is 58.5 Å². The lowest BCUT2D eigenvalue weighted by atomic mass is 10.1. The van der Waals surface area contributed by atoms with Crippen LogP contribution in [-0.4, -0.2) is 19.6 Å². The first-order valence-electron chi connectivity index (χ1n) is 6.77. The summed E-state index contributed by atoms with van der Waals surface area (Å²) in [6, 6.07) is 11.6. The van der Waals surface area contributed by atoms with E-state index in [4.69, 9.17) is 9.15 Å². The molecule has 0 spiro atoms. The van der Waals surface area contributed by atoms with Crippen molar-refractivity contribution in [1.82, 2.24) is 5.32 Å². The molecule has 1 N–H and O–H groups in total. The number of halogens is 1. The van der Waals surface area contributed by atoms with Crippen LogP contribution in [0.3, 0.4) is 0 Å². The molecule has 0 aliphatic heterocycles. The lowest BCUT2D eigenvalue weighted by Gasteiger charge is -2.13. The van der Waals surface area contributed by atoms with Crippen LogP contribution < -0.4 is 5.32 Å². The van der Waals surface area contributed by atoms with Gasteiger partial charge in [-0.2, -0.15) is 0 Å². The van der Waals surface area contributed by atoms with Crippen LogP contribution in [-0.2, 0) is 16.0 Å². The molecular formula is C16H18BrNO3. The fourth-order valence-corrected chi connectivity index (χ4v) is 2.50. The molecule has 1 heterocycles. The topological polar surface area (TPSA) is 51.5 Å². The normalized spacial score (nSPS) is 12.1. The first-order valence-corrected chi connectivity index (χ1v) is 7.56. The molecule has 2 rings (SSSR count). The zero-order valence-electron chi connectivity index (χ0n) is 11.8.